The van der Waals surface area contributed by atoms with Gasteiger partial charge in [0.15, 0.2) is 0 Å². The van der Waals surface area contributed by atoms with Crippen molar-refractivity contribution in [2.75, 3.05) is 24.6 Å². The van der Waals surface area contributed by atoms with Gasteiger partial charge in [-0.1, -0.05) is 23.2 Å². The summed E-state index contributed by atoms with van der Waals surface area (Å²) in [7, 11) is 0. The Kier molecular flexibility index (Phi) is 8.08. The molecule has 1 aromatic rings. The second kappa shape index (κ2) is 9.55. The largest absolute Gasteiger partial charge is 0.481 e. The number of nitrogens with one attached hydrogen (secondary N) is 2. The molecule has 0 fully saturated rings. The van der Waals surface area contributed by atoms with Gasteiger partial charge < -0.3 is 15.7 Å². The fraction of sp³-hybridized carbons (Fsp3) is 0.308. The van der Waals surface area contributed by atoms with E-state index in [4.69, 9.17) is 28.3 Å². The van der Waals surface area contributed by atoms with Crippen molar-refractivity contribution < 1.29 is 19.5 Å². The fourth-order valence-corrected chi connectivity index (χ4v) is 2.25. The Morgan fingerprint density at radius 1 is 1.14 bits per heavy atom. The molecule has 9 heteroatoms. The van der Waals surface area contributed by atoms with Crippen LogP contribution >= 0.6 is 35.0 Å². The average Bonchev–Trinajstić information content (AvgIpc) is 2.47. The van der Waals surface area contributed by atoms with E-state index in [2.05, 4.69) is 10.6 Å². The Bertz CT molecular complexity index is 569. The van der Waals surface area contributed by atoms with E-state index in [1.54, 1.807) is 0 Å². The lowest BCUT2D eigenvalue weighted by atomic mass is 10.2. The molecule has 0 radical (unpaired) electrons. The second-order valence-corrected chi connectivity index (χ2v) is 6.03. The molecule has 0 unspecified atom stereocenters. The minimum Gasteiger partial charge on any atom is -0.481 e. The Morgan fingerprint density at radius 3 is 2.50 bits per heavy atom. The first-order chi connectivity index (χ1) is 10.4. The molecule has 120 valence electrons. The summed E-state index contributed by atoms with van der Waals surface area (Å²) in [6.07, 6.45) is 0. The van der Waals surface area contributed by atoms with Gasteiger partial charge in [-0.2, -0.15) is 0 Å². The van der Waals surface area contributed by atoms with Gasteiger partial charge in [-0.15, -0.1) is 11.8 Å². The first-order valence-corrected chi connectivity index (χ1v) is 8.10. The van der Waals surface area contributed by atoms with Crippen LogP contribution in [0.2, 0.25) is 10.0 Å². The topological polar surface area (TPSA) is 95.5 Å². The zero-order chi connectivity index (χ0) is 16.5. The van der Waals surface area contributed by atoms with Crippen LogP contribution in [0.1, 0.15) is 10.4 Å². The molecule has 0 bridgehead atoms. The molecular weight excluding hydrogens is 351 g/mol. The molecule has 0 saturated heterocycles. The molecule has 0 aliphatic carbocycles. The minimum absolute atomic E-state index is 0.00999. The third kappa shape index (κ3) is 7.02. The van der Waals surface area contributed by atoms with Gasteiger partial charge in [-0.05, 0) is 18.2 Å². The molecule has 0 aliphatic heterocycles. The first-order valence-electron chi connectivity index (χ1n) is 6.19. The van der Waals surface area contributed by atoms with Crippen LogP contribution in [0.3, 0.4) is 0 Å². The Labute approximate surface area is 141 Å². The maximum Gasteiger partial charge on any atom is 0.313 e. The number of carbonyl (C=O) groups is 3. The second-order valence-electron chi connectivity index (χ2n) is 4.11. The van der Waals surface area contributed by atoms with Gasteiger partial charge in [-0.3, -0.25) is 14.4 Å². The van der Waals surface area contributed by atoms with Crippen LogP contribution in [0, 0.1) is 0 Å². The number of carbonyl (C=O) groups excluding carboxylic acids is 2. The van der Waals surface area contributed by atoms with Crippen molar-refractivity contribution in [2.45, 2.75) is 0 Å². The molecule has 0 spiro atoms. The highest BCUT2D eigenvalue weighted by Crippen LogP contribution is 2.22. The predicted octanol–water partition coefficient (Wildman–Crippen LogP) is 1.66. The molecule has 2 amide bonds. The van der Waals surface area contributed by atoms with Crippen molar-refractivity contribution in [1.82, 2.24) is 10.6 Å². The van der Waals surface area contributed by atoms with Crippen LogP contribution in [-0.4, -0.2) is 47.5 Å². The van der Waals surface area contributed by atoms with E-state index in [-0.39, 0.29) is 23.2 Å². The zero-order valence-corrected chi connectivity index (χ0v) is 13.7. The Hall–Kier alpha value is -1.44. The third-order valence-corrected chi connectivity index (χ3v) is 4.07. The number of rotatable bonds is 8. The summed E-state index contributed by atoms with van der Waals surface area (Å²) >= 11 is 12.8. The maximum atomic E-state index is 11.8. The van der Waals surface area contributed by atoms with Crippen LogP contribution < -0.4 is 10.6 Å². The van der Waals surface area contributed by atoms with E-state index in [1.165, 1.54) is 30.0 Å². The number of hydrogen-bond donors (Lipinski definition) is 3. The van der Waals surface area contributed by atoms with Crippen LogP contribution in [0.4, 0.5) is 0 Å². The number of hydrogen-bond acceptors (Lipinski definition) is 4. The van der Waals surface area contributed by atoms with Gasteiger partial charge in [0.2, 0.25) is 5.91 Å². The number of aliphatic carboxylic acids is 1. The molecule has 1 aromatic carbocycles. The smallest absolute Gasteiger partial charge is 0.313 e. The first kappa shape index (κ1) is 18.6. The average molecular weight is 365 g/mol. The standard InChI is InChI=1S/C13H14Cl2N2O4S/c14-9-2-1-8(5-10(9)15)13(21)17-6-11(18)16-3-4-22-7-12(19)20/h1-2,5H,3-4,6-7H2,(H,16,18)(H,17,21)(H,19,20). The van der Waals surface area contributed by atoms with E-state index in [0.29, 0.717) is 22.9 Å². The van der Waals surface area contributed by atoms with Crippen LogP contribution in [0.25, 0.3) is 0 Å². The number of halogens is 2. The lowest BCUT2D eigenvalue weighted by molar-refractivity contribution is -0.133. The number of carboxylic acid groups (broad SMARTS) is 1. The number of benzene rings is 1. The lowest BCUT2D eigenvalue weighted by Crippen LogP contribution is -2.37. The lowest BCUT2D eigenvalue weighted by Gasteiger charge is -2.07. The van der Waals surface area contributed by atoms with Gasteiger partial charge in [0.1, 0.15) is 0 Å². The molecule has 1 rings (SSSR count). The normalized spacial score (nSPS) is 10.1. The van der Waals surface area contributed by atoms with Crippen molar-refractivity contribution >= 4 is 52.7 Å². The molecule has 0 aliphatic rings. The predicted molar refractivity (Wildman–Crippen MR) is 86.8 cm³/mol. The Morgan fingerprint density at radius 2 is 1.86 bits per heavy atom. The monoisotopic (exact) mass is 364 g/mol. The summed E-state index contributed by atoms with van der Waals surface area (Å²) in [6, 6.07) is 4.42. The van der Waals surface area contributed by atoms with Crippen molar-refractivity contribution in [3.8, 4) is 0 Å². The summed E-state index contributed by atoms with van der Waals surface area (Å²) in [5.74, 6) is -1.22. The van der Waals surface area contributed by atoms with Crippen molar-refractivity contribution in [3.63, 3.8) is 0 Å². The number of thioether (sulfide) groups is 1. The highest BCUT2D eigenvalue weighted by molar-refractivity contribution is 7.99. The fourth-order valence-electron chi connectivity index (χ4n) is 1.38. The van der Waals surface area contributed by atoms with Crippen LogP contribution in [0.5, 0.6) is 0 Å². The van der Waals surface area contributed by atoms with Gasteiger partial charge in [-0.25, -0.2) is 0 Å². The summed E-state index contributed by atoms with van der Waals surface area (Å²) < 4.78 is 0. The Balaban J connectivity index is 2.27. The SMILES string of the molecule is O=C(O)CSCCNC(=O)CNC(=O)c1ccc(Cl)c(Cl)c1. The molecular formula is C13H14Cl2N2O4S. The molecule has 0 atom stereocenters. The number of carboxylic acids is 1. The van der Waals surface area contributed by atoms with Crippen molar-refractivity contribution in [1.29, 1.82) is 0 Å². The van der Waals surface area contributed by atoms with E-state index < -0.39 is 11.9 Å². The summed E-state index contributed by atoms with van der Waals surface area (Å²) in [6.45, 7) is 0.155. The highest BCUT2D eigenvalue weighted by atomic mass is 35.5. The molecule has 3 N–H and O–H groups in total. The molecule has 0 heterocycles. The van der Waals surface area contributed by atoms with E-state index in [1.807, 2.05) is 0 Å². The summed E-state index contributed by atoms with van der Waals surface area (Å²) in [5, 5.41) is 14.1. The third-order valence-electron chi connectivity index (χ3n) is 2.39. The van der Waals surface area contributed by atoms with Gasteiger partial charge in [0.25, 0.3) is 5.91 Å². The molecule has 22 heavy (non-hydrogen) atoms. The van der Waals surface area contributed by atoms with Crippen LogP contribution in [-0.2, 0) is 9.59 Å². The zero-order valence-electron chi connectivity index (χ0n) is 11.4. The van der Waals surface area contributed by atoms with Crippen LogP contribution in [0.15, 0.2) is 18.2 Å². The highest BCUT2D eigenvalue weighted by Gasteiger charge is 2.09. The molecule has 0 aromatic heterocycles. The van der Waals surface area contributed by atoms with Gasteiger partial charge >= 0.3 is 5.97 Å². The molecule has 0 saturated carbocycles. The number of amides is 2. The van der Waals surface area contributed by atoms with Crippen molar-refractivity contribution in [2.24, 2.45) is 0 Å². The van der Waals surface area contributed by atoms with Crippen molar-refractivity contribution in [3.05, 3.63) is 33.8 Å². The summed E-state index contributed by atoms with van der Waals surface area (Å²) in [5.41, 5.74) is 0.305. The maximum absolute atomic E-state index is 11.8. The van der Waals surface area contributed by atoms with E-state index >= 15 is 0 Å². The minimum atomic E-state index is -0.898. The van der Waals surface area contributed by atoms with Gasteiger partial charge in [0, 0.05) is 17.9 Å². The van der Waals surface area contributed by atoms with E-state index in [9.17, 15) is 14.4 Å². The molecule has 6 nitrogen and oxygen atoms in total. The quantitative estimate of drug-likeness (QED) is 0.609. The van der Waals surface area contributed by atoms with Gasteiger partial charge in [0.05, 0.1) is 22.3 Å². The summed E-state index contributed by atoms with van der Waals surface area (Å²) in [4.78, 5) is 33.6. The van der Waals surface area contributed by atoms with E-state index in [0.717, 1.165) is 0 Å².